The van der Waals surface area contributed by atoms with Crippen molar-refractivity contribution in [3.8, 4) is 11.5 Å². The number of ether oxygens (including phenoxy) is 2. The Labute approximate surface area is 167 Å². The Hall–Kier alpha value is -2.73. The van der Waals surface area contributed by atoms with Gasteiger partial charge >= 0.3 is 6.03 Å². The van der Waals surface area contributed by atoms with Crippen LogP contribution < -0.4 is 20.1 Å². The molecule has 2 amide bonds. The van der Waals surface area contributed by atoms with Crippen molar-refractivity contribution >= 4 is 6.03 Å². The van der Waals surface area contributed by atoms with Crippen molar-refractivity contribution in [2.45, 2.75) is 33.5 Å². The molecule has 0 fully saturated rings. The molecule has 0 heterocycles. The van der Waals surface area contributed by atoms with E-state index in [9.17, 15) is 4.79 Å². The first-order chi connectivity index (χ1) is 13.6. The Kier molecular flexibility index (Phi) is 8.62. The molecule has 0 aliphatic heterocycles. The van der Waals surface area contributed by atoms with Crippen molar-refractivity contribution in [2.75, 3.05) is 27.3 Å². The summed E-state index contributed by atoms with van der Waals surface area (Å²) in [6.07, 6.45) is 0. The number of amides is 2. The fraction of sp³-hybridized carbons (Fsp3) is 0.409. The van der Waals surface area contributed by atoms with Crippen LogP contribution in [0.3, 0.4) is 0 Å². The molecule has 28 heavy (non-hydrogen) atoms. The van der Waals surface area contributed by atoms with E-state index in [2.05, 4.69) is 53.6 Å². The summed E-state index contributed by atoms with van der Waals surface area (Å²) >= 11 is 0. The van der Waals surface area contributed by atoms with Gasteiger partial charge in [-0.3, -0.25) is 4.90 Å². The minimum atomic E-state index is -0.206. The Balaban J connectivity index is 1.79. The third-order valence-corrected chi connectivity index (χ3v) is 4.68. The molecule has 0 aliphatic rings. The molecule has 0 saturated heterocycles. The van der Waals surface area contributed by atoms with Gasteiger partial charge in [0, 0.05) is 19.6 Å². The lowest BCUT2D eigenvalue weighted by atomic mass is 10.1. The highest BCUT2D eigenvalue weighted by Crippen LogP contribution is 2.27. The van der Waals surface area contributed by atoms with Crippen LogP contribution >= 0.6 is 0 Å². The zero-order chi connectivity index (χ0) is 20.4. The van der Waals surface area contributed by atoms with E-state index in [4.69, 9.17) is 9.47 Å². The van der Waals surface area contributed by atoms with E-state index in [1.54, 1.807) is 14.2 Å². The van der Waals surface area contributed by atoms with Crippen LogP contribution in [0, 0.1) is 0 Å². The second-order valence-corrected chi connectivity index (χ2v) is 6.50. The molecule has 6 nitrogen and oxygen atoms in total. The first-order valence-corrected chi connectivity index (χ1v) is 9.62. The molecule has 2 N–H and O–H groups in total. The van der Waals surface area contributed by atoms with Crippen LogP contribution in [-0.2, 0) is 19.6 Å². The smallest absolute Gasteiger partial charge is 0.315 e. The number of hydrogen-bond acceptors (Lipinski definition) is 4. The van der Waals surface area contributed by atoms with Crippen LogP contribution in [-0.4, -0.2) is 38.2 Å². The molecule has 0 saturated carbocycles. The Morgan fingerprint density at radius 1 is 0.821 bits per heavy atom. The minimum absolute atomic E-state index is 0.206. The van der Waals surface area contributed by atoms with Crippen molar-refractivity contribution < 1.29 is 14.3 Å². The van der Waals surface area contributed by atoms with Crippen LogP contribution in [0.4, 0.5) is 4.79 Å². The highest BCUT2D eigenvalue weighted by atomic mass is 16.5. The zero-order valence-electron chi connectivity index (χ0n) is 17.2. The topological polar surface area (TPSA) is 62.8 Å². The summed E-state index contributed by atoms with van der Waals surface area (Å²) < 4.78 is 10.5. The van der Waals surface area contributed by atoms with Crippen LogP contribution in [0.5, 0.6) is 11.5 Å². The maximum Gasteiger partial charge on any atom is 0.315 e. The van der Waals surface area contributed by atoms with Gasteiger partial charge in [-0.2, -0.15) is 0 Å². The SMILES string of the molecule is CCN(CC)Cc1ccc(CNC(=O)NCc2ccc(OC)c(OC)c2)cc1. The van der Waals surface area contributed by atoms with Crippen molar-refractivity contribution in [1.29, 1.82) is 0 Å². The monoisotopic (exact) mass is 385 g/mol. The fourth-order valence-electron chi connectivity index (χ4n) is 2.89. The van der Waals surface area contributed by atoms with E-state index in [-0.39, 0.29) is 6.03 Å². The number of nitrogens with one attached hydrogen (secondary N) is 2. The molecule has 0 aliphatic carbocycles. The molecule has 6 heteroatoms. The maximum absolute atomic E-state index is 12.1. The molecule has 0 bridgehead atoms. The van der Waals surface area contributed by atoms with E-state index >= 15 is 0 Å². The first kappa shape index (κ1) is 21.6. The molecular formula is C22H31N3O3. The second-order valence-electron chi connectivity index (χ2n) is 6.50. The molecule has 0 radical (unpaired) electrons. The van der Waals surface area contributed by atoms with E-state index in [0.717, 1.165) is 30.8 Å². The molecule has 0 spiro atoms. The molecule has 2 rings (SSSR count). The predicted molar refractivity (Wildman–Crippen MR) is 112 cm³/mol. The van der Waals surface area contributed by atoms with E-state index in [1.165, 1.54) is 5.56 Å². The Bertz CT molecular complexity index is 743. The Morgan fingerprint density at radius 3 is 1.93 bits per heavy atom. The fourth-order valence-corrected chi connectivity index (χ4v) is 2.89. The van der Waals surface area contributed by atoms with Gasteiger partial charge in [-0.1, -0.05) is 44.2 Å². The van der Waals surface area contributed by atoms with Crippen molar-refractivity contribution in [3.05, 3.63) is 59.2 Å². The lowest BCUT2D eigenvalue weighted by molar-refractivity contribution is 0.240. The number of hydrogen-bond donors (Lipinski definition) is 2. The molecule has 0 aromatic heterocycles. The summed E-state index contributed by atoms with van der Waals surface area (Å²) in [6, 6.07) is 13.7. The van der Waals surface area contributed by atoms with Crippen LogP contribution in [0.1, 0.15) is 30.5 Å². The van der Waals surface area contributed by atoms with Gasteiger partial charge in [-0.15, -0.1) is 0 Å². The number of nitrogens with zero attached hydrogens (tertiary/aromatic N) is 1. The minimum Gasteiger partial charge on any atom is -0.493 e. The van der Waals surface area contributed by atoms with Crippen molar-refractivity contribution in [2.24, 2.45) is 0 Å². The van der Waals surface area contributed by atoms with Gasteiger partial charge in [-0.05, 0) is 41.9 Å². The average molecular weight is 386 g/mol. The lowest BCUT2D eigenvalue weighted by Crippen LogP contribution is -2.34. The number of rotatable bonds is 10. The summed E-state index contributed by atoms with van der Waals surface area (Å²) in [5, 5.41) is 5.74. The van der Waals surface area contributed by atoms with Gasteiger partial charge < -0.3 is 20.1 Å². The Morgan fingerprint density at radius 2 is 1.36 bits per heavy atom. The second kappa shape index (κ2) is 11.2. The predicted octanol–water partition coefficient (Wildman–Crippen LogP) is 3.55. The standard InChI is InChI=1S/C22H31N3O3/c1-5-25(6-2)16-18-9-7-17(8-10-18)14-23-22(26)24-15-19-11-12-20(27-3)21(13-19)28-4/h7-13H,5-6,14-16H2,1-4H3,(H2,23,24,26). The molecule has 0 atom stereocenters. The van der Waals surface area contributed by atoms with Gasteiger partial charge in [0.25, 0.3) is 0 Å². The van der Waals surface area contributed by atoms with Gasteiger partial charge in [0.15, 0.2) is 11.5 Å². The van der Waals surface area contributed by atoms with E-state index in [0.29, 0.717) is 24.6 Å². The quantitative estimate of drug-likeness (QED) is 0.657. The first-order valence-electron chi connectivity index (χ1n) is 9.62. The summed E-state index contributed by atoms with van der Waals surface area (Å²) in [4.78, 5) is 14.4. The van der Waals surface area contributed by atoms with Gasteiger partial charge in [-0.25, -0.2) is 4.79 Å². The third-order valence-electron chi connectivity index (χ3n) is 4.68. The van der Waals surface area contributed by atoms with E-state index < -0.39 is 0 Å². The number of methoxy groups -OCH3 is 2. The normalized spacial score (nSPS) is 10.6. The number of benzene rings is 2. The molecular weight excluding hydrogens is 354 g/mol. The van der Waals surface area contributed by atoms with Gasteiger partial charge in [0.1, 0.15) is 0 Å². The van der Waals surface area contributed by atoms with Crippen LogP contribution in [0.15, 0.2) is 42.5 Å². The van der Waals surface area contributed by atoms with Gasteiger partial charge in [0.05, 0.1) is 14.2 Å². The van der Waals surface area contributed by atoms with E-state index in [1.807, 2.05) is 18.2 Å². The lowest BCUT2D eigenvalue weighted by Gasteiger charge is -2.18. The largest absolute Gasteiger partial charge is 0.493 e. The zero-order valence-corrected chi connectivity index (χ0v) is 17.2. The summed E-state index contributed by atoms with van der Waals surface area (Å²) in [5.41, 5.74) is 3.29. The number of carbonyl (C=O) groups is 1. The average Bonchev–Trinajstić information content (AvgIpc) is 2.75. The molecule has 0 unspecified atom stereocenters. The number of urea groups is 1. The summed E-state index contributed by atoms with van der Waals surface area (Å²) in [5.74, 6) is 1.31. The highest BCUT2D eigenvalue weighted by Gasteiger charge is 2.06. The maximum atomic E-state index is 12.1. The van der Waals surface area contributed by atoms with Crippen LogP contribution in [0.25, 0.3) is 0 Å². The molecule has 2 aromatic carbocycles. The van der Waals surface area contributed by atoms with Gasteiger partial charge in [0.2, 0.25) is 0 Å². The number of carbonyl (C=O) groups excluding carboxylic acids is 1. The van der Waals surface area contributed by atoms with Crippen molar-refractivity contribution in [1.82, 2.24) is 15.5 Å². The highest BCUT2D eigenvalue weighted by molar-refractivity contribution is 5.73. The van der Waals surface area contributed by atoms with Crippen molar-refractivity contribution in [3.63, 3.8) is 0 Å². The van der Waals surface area contributed by atoms with Crippen LogP contribution in [0.2, 0.25) is 0 Å². The third kappa shape index (κ3) is 6.46. The molecule has 2 aromatic rings. The molecule has 152 valence electrons. The summed E-state index contributed by atoms with van der Waals surface area (Å²) in [7, 11) is 3.19. The summed E-state index contributed by atoms with van der Waals surface area (Å²) in [6.45, 7) is 8.27.